The molecule has 0 aromatic carbocycles. The number of carbonyl (C=O) groups is 1. The van der Waals surface area contributed by atoms with Gasteiger partial charge >= 0.3 is 5.97 Å². The topological polar surface area (TPSA) is 77.2 Å². The molecule has 0 radical (unpaired) electrons. The molecule has 5 nitrogen and oxygen atoms in total. The smallest absolute Gasteiger partial charge is 0.357 e. The van der Waals surface area contributed by atoms with E-state index >= 15 is 0 Å². The summed E-state index contributed by atoms with van der Waals surface area (Å²) in [5.41, 5.74) is 2.63. The fourth-order valence-corrected chi connectivity index (χ4v) is 1.23. The van der Waals surface area contributed by atoms with Crippen molar-refractivity contribution in [3.8, 4) is 0 Å². The quantitative estimate of drug-likeness (QED) is 0.494. The number of hydrogen-bond donors (Lipinski definition) is 2. The number of nitrogens with zero attached hydrogens (tertiary/aromatic N) is 1. The van der Waals surface area contributed by atoms with Crippen molar-refractivity contribution in [2.45, 2.75) is 6.92 Å². The van der Waals surface area contributed by atoms with E-state index in [2.05, 4.69) is 10.4 Å². The Bertz CT molecular complexity index is 282. The number of nitrogen functional groups attached to an aromatic ring is 1. The molecule has 14 heavy (non-hydrogen) atoms. The van der Waals surface area contributed by atoms with Gasteiger partial charge in [0, 0.05) is 5.38 Å². The Morgan fingerprint density at radius 1 is 1.71 bits per heavy atom. The Morgan fingerprint density at radius 3 is 2.79 bits per heavy atom. The highest BCUT2D eigenvalue weighted by atomic mass is 79.9. The number of hydrazine groups is 1. The van der Waals surface area contributed by atoms with Gasteiger partial charge < -0.3 is 4.74 Å². The number of thiazole rings is 1. The Hall–Kier alpha value is -0.180. The number of nitrogens with two attached hydrogens (primary N) is 1. The Balaban J connectivity index is 0. The highest BCUT2D eigenvalue weighted by Gasteiger charge is 2.10. The van der Waals surface area contributed by atoms with Crippen molar-refractivity contribution in [1.82, 2.24) is 4.98 Å². The van der Waals surface area contributed by atoms with E-state index in [1.165, 1.54) is 11.3 Å². The van der Waals surface area contributed by atoms with Crippen molar-refractivity contribution in [3.05, 3.63) is 11.1 Å². The molecule has 0 aliphatic heterocycles. The van der Waals surface area contributed by atoms with Gasteiger partial charge in [-0.15, -0.1) is 45.3 Å². The van der Waals surface area contributed by atoms with Gasteiger partial charge in [0.25, 0.3) is 0 Å². The summed E-state index contributed by atoms with van der Waals surface area (Å²) in [6, 6.07) is 0. The molecule has 1 heterocycles. The minimum absolute atomic E-state index is 0. The first-order valence-electron chi connectivity index (χ1n) is 3.37. The van der Waals surface area contributed by atoms with Crippen molar-refractivity contribution >= 4 is 56.4 Å². The maximum absolute atomic E-state index is 11.0. The monoisotopic (exact) mass is 347 g/mol. The zero-order valence-electron chi connectivity index (χ0n) is 7.35. The number of ether oxygens (including phenoxy) is 1. The van der Waals surface area contributed by atoms with E-state index in [0.29, 0.717) is 11.7 Å². The Labute approximate surface area is 107 Å². The van der Waals surface area contributed by atoms with Crippen LogP contribution >= 0.6 is 45.3 Å². The summed E-state index contributed by atoms with van der Waals surface area (Å²) in [7, 11) is 0. The summed E-state index contributed by atoms with van der Waals surface area (Å²) in [6.07, 6.45) is 0. The lowest BCUT2D eigenvalue weighted by atomic mass is 10.5. The lowest BCUT2D eigenvalue weighted by Gasteiger charge is -1.95. The van der Waals surface area contributed by atoms with Gasteiger partial charge in [0.1, 0.15) is 0 Å². The van der Waals surface area contributed by atoms with Crippen molar-refractivity contribution in [2.24, 2.45) is 5.84 Å². The first-order chi connectivity index (χ1) is 5.77. The minimum Gasteiger partial charge on any atom is -0.461 e. The van der Waals surface area contributed by atoms with E-state index < -0.39 is 5.97 Å². The number of rotatable bonds is 3. The number of carbonyl (C=O) groups excluding carboxylic acids is 1. The van der Waals surface area contributed by atoms with Crippen LogP contribution in [-0.2, 0) is 4.74 Å². The molecule has 0 fully saturated rings. The van der Waals surface area contributed by atoms with Gasteiger partial charge in [0.05, 0.1) is 6.61 Å². The molecule has 8 heteroatoms. The molecule has 82 valence electrons. The van der Waals surface area contributed by atoms with Gasteiger partial charge in [-0.3, -0.25) is 5.43 Å². The van der Waals surface area contributed by atoms with Gasteiger partial charge in [-0.1, -0.05) is 0 Å². The second kappa shape index (κ2) is 8.16. The lowest BCUT2D eigenvalue weighted by molar-refractivity contribution is 0.0520. The number of esters is 1. The molecule has 1 aromatic heterocycles. The molecule has 1 rings (SSSR count). The summed E-state index contributed by atoms with van der Waals surface area (Å²) in [5, 5.41) is 2.09. The predicted octanol–water partition coefficient (Wildman–Crippen LogP) is 1.76. The zero-order valence-corrected chi connectivity index (χ0v) is 11.6. The van der Waals surface area contributed by atoms with E-state index in [0.717, 1.165) is 0 Å². The van der Waals surface area contributed by atoms with E-state index in [4.69, 9.17) is 10.6 Å². The normalized spacial score (nSPS) is 8.14. The fourth-order valence-electron chi connectivity index (χ4n) is 0.639. The molecule has 0 amide bonds. The molecule has 0 saturated carbocycles. The van der Waals surface area contributed by atoms with E-state index in [1.54, 1.807) is 12.3 Å². The van der Waals surface area contributed by atoms with E-state index in [-0.39, 0.29) is 39.7 Å². The average Bonchev–Trinajstić information content (AvgIpc) is 2.52. The maximum Gasteiger partial charge on any atom is 0.357 e. The number of hydrogen-bond acceptors (Lipinski definition) is 6. The van der Waals surface area contributed by atoms with Crippen molar-refractivity contribution in [3.63, 3.8) is 0 Å². The van der Waals surface area contributed by atoms with Crippen LogP contribution in [-0.4, -0.2) is 17.6 Å². The van der Waals surface area contributed by atoms with Crippen molar-refractivity contribution in [1.29, 1.82) is 0 Å². The highest BCUT2D eigenvalue weighted by Crippen LogP contribution is 2.14. The van der Waals surface area contributed by atoms with Gasteiger partial charge in [0.2, 0.25) is 0 Å². The summed E-state index contributed by atoms with van der Waals surface area (Å²) in [4.78, 5) is 14.9. The number of aromatic nitrogens is 1. The molecular formula is C6H11Br2N3O2S. The van der Waals surface area contributed by atoms with Crippen LogP contribution in [0.25, 0.3) is 0 Å². The van der Waals surface area contributed by atoms with Crippen LogP contribution in [0.2, 0.25) is 0 Å². The summed E-state index contributed by atoms with van der Waals surface area (Å²) < 4.78 is 4.72. The molecule has 0 spiro atoms. The van der Waals surface area contributed by atoms with Crippen LogP contribution in [0.1, 0.15) is 17.4 Å². The maximum atomic E-state index is 11.0. The van der Waals surface area contributed by atoms with Crippen molar-refractivity contribution in [2.75, 3.05) is 12.0 Å². The number of halogens is 2. The lowest BCUT2D eigenvalue weighted by Crippen LogP contribution is -2.08. The molecule has 0 bridgehead atoms. The predicted molar refractivity (Wildman–Crippen MR) is 66.5 cm³/mol. The van der Waals surface area contributed by atoms with Gasteiger partial charge in [-0.05, 0) is 6.92 Å². The van der Waals surface area contributed by atoms with Crippen LogP contribution in [0, 0.1) is 0 Å². The molecule has 0 unspecified atom stereocenters. The van der Waals surface area contributed by atoms with Crippen LogP contribution in [0.15, 0.2) is 5.38 Å². The standard InChI is InChI=1S/C6H9N3O2S.2BrH/c1-2-11-5(10)4-3-12-6(8-4)9-7;;/h3H,2,7H2,1H3,(H,8,9);2*1H. The summed E-state index contributed by atoms with van der Waals surface area (Å²) in [5.74, 6) is 4.66. The van der Waals surface area contributed by atoms with Gasteiger partial charge in [0.15, 0.2) is 10.8 Å². The first kappa shape index (κ1) is 16.3. The second-order valence-corrected chi connectivity index (χ2v) is 2.76. The molecule has 0 aliphatic carbocycles. The molecule has 0 atom stereocenters. The van der Waals surface area contributed by atoms with E-state index in [1.807, 2.05) is 0 Å². The molecule has 3 N–H and O–H groups in total. The van der Waals surface area contributed by atoms with Gasteiger partial charge in [-0.25, -0.2) is 15.6 Å². The third-order valence-corrected chi connectivity index (χ3v) is 1.89. The average molecular weight is 349 g/mol. The second-order valence-electron chi connectivity index (χ2n) is 1.90. The fraction of sp³-hybridized carbons (Fsp3) is 0.333. The Morgan fingerprint density at radius 2 is 2.36 bits per heavy atom. The number of nitrogens with one attached hydrogen (secondary N) is 1. The number of anilines is 1. The summed E-state index contributed by atoms with van der Waals surface area (Å²) >= 11 is 1.26. The van der Waals surface area contributed by atoms with E-state index in [9.17, 15) is 4.79 Å². The Kier molecular flexibility index (Phi) is 9.47. The van der Waals surface area contributed by atoms with Crippen LogP contribution in [0.5, 0.6) is 0 Å². The minimum atomic E-state index is -0.421. The third-order valence-electron chi connectivity index (χ3n) is 1.11. The molecule has 0 saturated heterocycles. The first-order valence-corrected chi connectivity index (χ1v) is 4.25. The SMILES string of the molecule is Br.Br.CCOC(=O)c1csc(NN)n1. The third kappa shape index (κ3) is 4.36. The largest absolute Gasteiger partial charge is 0.461 e. The van der Waals surface area contributed by atoms with Gasteiger partial charge in [-0.2, -0.15) is 0 Å². The highest BCUT2D eigenvalue weighted by molar-refractivity contribution is 8.93. The van der Waals surface area contributed by atoms with Crippen LogP contribution < -0.4 is 11.3 Å². The molecular weight excluding hydrogens is 338 g/mol. The van der Waals surface area contributed by atoms with Crippen molar-refractivity contribution < 1.29 is 9.53 Å². The summed E-state index contributed by atoms with van der Waals surface area (Å²) in [6.45, 7) is 2.09. The van der Waals surface area contributed by atoms with Crippen LogP contribution in [0.3, 0.4) is 0 Å². The zero-order chi connectivity index (χ0) is 8.97. The molecule has 1 aromatic rings. The van der Waals surface area contributed by atoms with Crippen LogP contribution in [0.4, 0.5) is 5.13 Å². The molecule has 0 aliphatic rings.